The van der Waals surface area contributed by atoms with E-state index in [0.29, 0.717) is 16.9 Å². The molecule has 1 aromatic rings. The van der Waals surface area contributed by atoms with Gasteiger partial charge in [-0.15, -0.1) is 0 Å². The minimum absolute atomic E-state index is 0.391. The highest BCUT2D eigenvalue weighted by Gasteiger charge is 1.99. The average Bonchev–Trinajstić information content (AvgIpc) is 2.47. The van der Waals surface area contributed by atoms with Gasteiger partial charge in [0.1, 0.15) is 5.76 Å². The number of furan rings is 1. The van der Waals surface area contributed by atoms with E-state index in [4.69, 9.17) is 28.2 Å². The smallest absolute Gasteiger partial charge is 0.193 e. The first-order valence-corrected chi connectivity index (χ1v) is 4.21. The predicted octanol–water partition coefficient (Wildman–Crippen LogP) is 1.53. The molecule has 0 radical (unpaired) electrons. The van der Waals surface area contributed by atoms with Crippen LogP contribution in [0.4, 0.5) is 0 Å². The maximum atomic E-state index is 5.57. The van der Waals surface area contributed by atoms with Crippen LogP contribution < -0.4 is 10.6 Å². The first-order chi connectivity index (χ1) is 5.72. The normalized spacial score (nSPS) is 9.50. The summed E-state index contributed by atoms with van der Waals surface area (Å²) in [5.41, 5.74) is 0. The minimum Gasteiger partial charge on any atom is -0.448 e. The van der Waals surface area contributed by atoms with Gasteiger partial charge in [-0.1, -0.05) is 0 Å². The molecule has 0 unspecified atom stereocenters. The molecule has 3 nitrogen and oxygen atoms in total. The van der Waals surface area contributed by atoms with Crippen molar-refractivity contribution < 1.29 is 4.42 Å². The third kappa shape index (κ3) is 2.71. The second kappa shape index (κ2) is 4.33. The summed E-state index contributed by atoms with van der Waals surface area (Å²) in [5.74, 6) is 0.762. The molecule has 0 amide bonds. The molecule has 1 heterocycles. The Labute approximate surface area is 81.1 Å². The summed E-state index contributed by atoms with van der Waals surface area (Å²) in [4.78, 5) is 0. The number of halogens is 1. The summed E-state index contributed by atoms with van der Waals surface area (Å²) >= 11 is 10.4. The van der Waals surface area contributed by atoms with E-state index in [1.165, 1.54) is 0 Å². The van der Waals surface area contributed by atoms with Crippen LogP contribution in [0, 0.1) is 0 Å². The van der Waals surface area contributed by atoms with Crippen molar-refractivity contribution in [2.45, 2.75) is 6.54 Å². The van der Waals surface area contributed by atoms with E-state index in [1.807, 2.05) is 0 Å². The number of thiocarbonyl (C=S) groups is 1. The first kappa shape index (κ1) is 9.35. The molecule has 0 aliphatic rings. The van der Waals surface area contributed by atoms with Gasteiger partial charge in [0.05, 0.1) is 6.54 Å². The number of rotatable bonds is 2. The topological polar surface area (TPSA) is 37.2 Å². The highest BCUT2D eigenvalue weighted by molar-refractivity contribution is 7.80. The lowest BCUT2D eigenvalue weighted by molar-refractivity contribution is 0.504. The van der Waals surface area contributed by atoms with Crippen molar-refractivity contribution in [3.63, 3.8) is 0 Å². The summed E-state index contributed by atoms with van der Waals surface area (Å²) < 4.78 is 5.09. The van der Waals surface area contributed by atoms with Gasteiger partial charge in [-0.25, -0.2) is 0 Å². The summed E-state index contributed by atoms with van der Waals surface area (Å²) in [6.07, 6.45) is 0. The van der Waals surface area contributed by atoms with Crippen LogP contribution in [-0.2, 0) is 6.54 Å². The Morgan fingerprint density at radius 2 is 2.42 bits per heavy atom. The van der Waals surface area contributed by atoms with Crippen molar-refractivity contribution in [3.8, 4) is 0 Å². The highest BCUT2D eigenvalue weighted by atomic mass is 35.5. The molecule has 0 aromatic carbocycles. The van der Waals surface area contributed by atoms with Gasteiger partial charge in [-0.3, -0.25) is 0 Å². The Balaban J connectivity index is 2.38. The number of hydrogen-bond acceptors (Lipinski definition) is 2. The van der Waals surface area contributed by atoms with Crippen LogP contribution in [0.3, 0.4) is 0 Å². The van der Waals surface area contributed by atoms with E-state index in [-0.39, 0.29) is 0 Å². The molecule has 2 N–H and O–H groups in total. The molecular weight excluding hydrogens is 196 g/mol. The maximum Gasteiger partial charge on any atom is 0.193 e. The Morgan fingerprint density at radius 3 is 2.92 bits per heavy atom. The Kier molecular flexibility index (Phi) is 3.37. The Hall–Kier alpha value is -0.740. The van der Waals surface area contributed by atoms with Gasteiger partial charge in [0.2, 0.25) is 0 Å². The van der Waals surface area contributed by atoms with Gasteiger partial charge in [-0.2, -0.15) is 0 Å². The third-order valence-electron chi connectivity index (χ3n) is 1.28. The molecule has 5 heteroatoms. The minimum atomic E-state index is 0.391. The molecule has 1 aromatic heterocycles. The zero-order valence-electron chi connectivity index (χ0n) is 6.56. The van der Waals surface area contributed by atoms with Crippen LogP contribution >= 0.6 is 23.8 Å². The number of hydrogen-bond donors (Lipinski definition) is 2. The van der Waals surface area contributed by atoms with Gasteiger partial charge in [0.15, 0.2) is 10.3 Å². The van der Waals surface area contributed by atoms with Gasteiger partial charge in [-0.05, 0) is 36.0 Å². The van der Waals surface area contributed by atoms with Crippen molar-refractivity contribution >= 4 is 28.9 Å². The fourth-order valence-corrected chi connectivity index (χ4v) is 0.937. The molecule has 0 aliphatic heterocycles. The lowest BCUT2D eigenvalue weighted by Crippen LogP contribution is -2.31. The fourth-order valence-electron chi connectivity index (χ4n) is 0.703. The lowest BCUT2D eigenvalue weighted by atomic mass is 10.4. The molecule has 0 saturated heterocycles. The SMILES string of the molecule is CNC(=S)NCc1ccc(Cl)o1. The zero-order valence-corrected chi connectivity index (χ0v) is 8.13. The maximum absolute atomic E-state index is 5.57. The van der Waals surface area contributed by atoms with E-state index in [1.54, 1.807) is 19.2 Å². The van der Waals surface area contributed by atoms with Gasteiger partial charge >= 0.3 is 0 Å². The molecule has 0 saturated carbocycles. The first-order valence-electron chi connectivity index (χ1n) is 3.42. The largest absolute Gasteiger partial charge is 0.448 e. The summed E-state index contributed by atoms with van der Waals surface area (Å²) in [6.45, 7) is 0.548. The molecule has 12 heavy (non-hydrogen) atoms. The van der Waals surface area contributed by atoms with Crippen molar-refractivity contribution in [3.05, 3.63) is 23.1 Å². The zero-order chi connectivity index (χ0) is 8.97. The molecule has 1 rings (SSSR count). The van der Waals surface area contributed by atoms with Crippen molar-refractivity contribution in [2.75, 3.05) is 7.05 Å². The second-order valence-electron chi connectivity index (χ2n) is 2.14. The Bertz CT molecular complexity index is 274. The van der Waals surface area contributed by atoms with Crippen LogP contribution in [0.2, 0.25) is 5.22 Å². The monoisotopic (exact) mass is 204 g/mol. The Morgan fingerprint density at radius 1 is 1.67 bits per heavy atom. The standard InChI is InChI=1S/C7H9ClN2OS/c1-9-7(12)10-4-5-2-3-6(8)11-5/h2-3H,4H2,1H3,(H2,9,10,12). The molecule has 66 valence electrons. The summed E-state index contributed by atoms with van der Waals surface area (Å²) in [7, 11) is 1.75. The lowest BCUT2D eigenvalue weighted by Gasteiger charge is -2.03. The molecule has 0 fully saturated rings. The van der Waals surface area contributed by atoms with Gasteiger partial charge in [0.25, 0.3) is 0 Å². The molecule has 0 atom stereocenters. The molecule has 0 spiro atoms. The molecular formula is C7H9ClN2OS. The van der Waals surface area contributed by atoms with E-state index < -0.39 is 0 Å². The van der Waals surface area contributed by atoms with E-state index in [0.717, 1.165) is 5.76 Å². The average molecular weight is 205 g/mol. The van der Waals surface area contributed by atoms with Crippen LogP contribution in [-0.4, -0.2) is 12.2 Å². The van der Waals surface area contributed by atoms with E-state index in [2.05, 4.69) is 10.6 Å². The van der Waals surface area contributed by atoms with Gasteiger partial charge in [0, 0.05) is 7.05 Å². The predicted molar refractivity (Wildman–Crippen MR) is 52.2 cm³/mol. The van der Waals surface area contributed by atoms with Crippen molar-refractivity contribution in [1.82, 2.24) is 10.6 Å². The number of nitrogens with one attached hydrogen (secondary N) is 2. The summed E-state index contributed by atoms with van der Waals surface area (Å²) in [6, 6.07) is 3.49. The van der Waals surface area contributed by atoms with Gasteiger partial charge < -0.3 is 15.1 Å². The summed E-state index contributed by atoms with van der Waals surface area (Å²) in [5, 5.41) is 6.69. The van der Waals surface area contributed by atoms with Crippen LogP contribution in [0.1, 0.15) is 5.76 Å². The van der Waals surface area contributed by atoms with Crippen molar-refractivity contribution in [2.24, 2.45) is 0 Å². The van der Waals surface area contributed by atoms with E-state index >= 15 is 0 Å². The van der Waals surface area contributed by atoms with Crippen LogP contribution in [0.5, 0.6) is 0 Å². The van der Waals surface area contributed by atoms with Crippen LogP contribution in [0.15, 0.2) is 16.5 Å². The fraction of sp³-hybridized carbons (Fsp3) is 0.286. The van der Waals surface area contributed by atoms with E-state index in [9.17, 15) is 0 Å². The van der Waals surface area contributed by atoms with Crippen LogP contribution in [0.25, 0.3) is 0 Å². The quantitative estimate of drug-likeness (QED) is 0.717. The van der Waals surface area contributed by atoms with Crippen molar-refractivity contribution in [1.29, 1.82) is 0 Å². The second-order valence-corrected chi connectivity index (χ2v) is 2.92. The molecule has 0 aliphatic carbocycles. The molecule has 0 bridgehead atoms. The highest BCUT2D eigenvalue weighted by Crippen LogP contribution is 2.12. The third-order valence-corrected chi connectivity index (χ3v) is 1.83.